The van der Waals surface area contributed by atoms with Crippen LogP contribution in [0.4, 0.5) is 0 Å². The molecule has 43 heavy (non-hydrogen) atoms. The van der Waals surface area contributed by atoms with Gasteiger partial charge in [0.05, 0.1) is 77.8 Å². The first kappa shape index (κ1) is 42.1. The summed E-state index contributed by atoms with van der Waals surface area (Å²) in [6, 6.07) is 0. The fourth-order valence-electron chi connectivity index (χ4n) is 3.96. The molecule has 0 aromatic rings. The zero-order chi connectivity index (χ0) is 32.8. The van der Waals surface area contributed by atoms with Gasteiger partial charge >= 0.3 is 0 Å². The number of nitrogens with zero attached hydrogens (tertiary/aromatic N) is 1. The number of hydrogen-bond donors (Lipinski definition) is 10. The normalized spacial score (nSPS) is 19.3. The lowest BCUT2D eigenvalue weighted by Gasteiger charge is -2.33. The van der Waals surface area contributed by atoms with Crippen molar-refractivity contribution in [2.45, 2.75) is 81.6 Å². The van der Waals surface area contributed by atoms with Crippen molar-refractivity contribution in [2.24, 2.45) is 5.92 Å². The molecule has 0 aliphatic carbocycles. The van der Waals surface area contributed by atoms with Crippen LogP contribution in [-0.4, -0.2) is 196 Å². The summed E-state index contributed by atoms with van der Waals surface area (Å²) in [5, 5.41) is 97.7. The van der Waals surface area contributed by atoms with E-state index in [0.717, 1.165) is 12.7 Å². The molecule has 0 aromatic heterocycles. The highest BCUT2D eigenvalue weighted by Gasteiger charge is 2.34. The van der Waals surface area contributed by atoms with E-state index in [-0.39, 0.29) is 51.5 Å². The average Bonchev–Trinajstić information content (AvgIpc) is 3.01. The molecule has 0 radical (unpaired) electrons. The van der Waals surface area contributed by atoms with Gasteiger partial charge in [-0.15, -0.1) is 0 Å². The van der Waals surface area contributed by atoms with Gasteiger partial charge < -0.3 is 74.8 Å². The Bertz CT molecular complexity index is 636. The predicted octanol–water partition coefficient (Wildman–Crippen LogP) is -4.77. The van der Waals surface area contributed by atoms with Gasteiger partial charge in [-0.3, -0.25) is 4.90 Å². The molecule has 0 saturated heterocycles. The third kappa shape index (κ3) is 18.6. The molecule has 0 aliphatic heterocycles. The predicted molar refractivity (Wildman–Crippen MR) is 151 cm³/mol. The number of hydrogen-bond acceptors (Lipinski definition) is 16. The molecule has 0 fully saturated rings. The largest absolute Gasteiger partial charge is 0.394 e. The van der Waals surface area contributed by atoms with Crippen molar-refractivity contribution in [1.82, 2.24) is 4.90 Å². The first-order chi connectivity index (χ1) is 20.4. The van der Waals surface area contributed by atoms with Gasteiger partial charge in [-0.2, -0.15) is 0 Å². The lowest BCUT2D eigenvalue weighted by molar-refractivity contribution is -0.131. The molecule has 0 rings (SSSR count). The van der Waals surface area contributed by atoms with Crippen LogP contribution in [0.25, 0.3) is 0 Å². The summed E-state index contributed by atoms with van der Waals surface area (Å²) in [5.74, 6) is -0.0543. The first-order valence-corrected chi connectivity index (χ1v) is 14.6. The molecular weight excluding hydrogens is 578 g/mol. The van der Waals surface area contributed by atoms with Gasteiger partial charge in [0.15, 0.2) is 0 Å². The van der Waals surface area contributed by atoms with Gasteiger partial charge in [0.2, 0.25) is 0 Å². The summed E-state index contributed by atoms with van der Waals surface area (Å²) < 4.78 is 22.1. The fourth-order valence-corrected chi connectivity index (χ4v) is 3.96. The van der Waals surface area contributed by atoms with Crippen LogP contribution in [0, 0.1) is 5.92 Å². The van der Waals surface area contributed by atoms with Crippen molar-refractivity contribution in [1.29, 1.82) is 0 Å². The van der Waals surface area contributed by atoms with Crippen molar-refractivity contribution in [3.05, 3.63) is 0 Å². The highest BCUT2D eigenvalue weighted by Crippen LogP contribution is 2.12. The first-order valence-electron chi connectivity index (χ1n) is 14.6. The van der Waals surface area contributed by atoms with Crippen LogP contribution in [-0.2, 0) is 23.7 Å². The highest BCUT2D eigenvalue weighted by atomic mass is 16.6. The average molecular weight is 634 g/mol. The van der Waals surface area contributed by atoms with E-state index in [0.29, 0.717) is 32.8 Å². The summed E-state index contributed by atoms with van der Waals surface area (Å²) in [5.41, 5.74) is 0. The molecule has 0 amide bonds. The quantitative estimate of drug-likeness (QED) is 0.0274. The molecule has 10 atom stereocenters. The second kappa shape index (κ2) is 25.3. The molecule has 0 bridgehead atoms. The van der Waals surface area contributed by atoms with Gasteiger partial charge in [0.25, 0.3) is 0 Å². The lowest BCUT2D eigenvalue weighted by atomic mass is 10.0. The third-order valence-corrected chi connectivity index (χ3v) is 6.74. The van der Waals surface area contributed by atoms with Crippen molar-refractivity contribution in [3.63, 3.8) is 0 Å². The topological polar surface area (TPSA) is 260 Å². The van der Waals surface area contributed by atoms with Crippen LogP contribution in [0.5, 0.6) is 0 Å². The molecule has 0 saturated carbocycles. The van der Waals surface area contributed by atoms with Crippen LogP contribution < -0.4 is 0 Å². The smallest absolute Gasteiger partial charge is 0.122 e. The molecule has 0 aliphatic rings. The number of aldehydes is 1. The van der Waals surface area contributed by atoms with E-state index in [1.807, 2.05) is 13.8 Å². The third-order valence-electron chi connectivity index (χ3n) is 6.74. The molecule has 258 valence electrons. The maximum Gasteiger partial charge on any atom is 0.122 e. The van der Waals surface area contributed by atoms with Gasteiger partial charge in [-0.25, -0.2) is 0 Å². The van der Waals surface area contributed by atoms with Crippen molar-refractivity contribution in [2.75, 3.05) is 79.1 Å². The Labute approximate surface area is 253 Å². The summed E-state index contributed by atoms with van der Waals surface area (Å²) in [6.07, 6.45) is -11.8. The monoisotopic (exact) mass is 633 g/mol. The van der Waals surface area contributed by atoms with Crippen LogP contribution >= 0.6 is 0 Å². The van der Waals surface area contributed by atoms with E-state index >= 15 is 0 Å². The number of rotatable bonds is 29. The van der Waals surface area contributed by atoms with Crippen LogP contribution in [0.3, 0.4) is 0 Å². The fraction of sp³-hybridized carbons (Fsp3) is 0.963. The Balaban J connectivity index is 4.52. The maximum atomic E-state index is 10.8. The molecular formula is C27H55NO15. The minimum absolute atomic E-state index is 0.00583. The Morgan fingerprint density at radius 3 is 1.42 bits per heavy atom. The number of carbonyl (C=O) groups excluding carboxylic acids is 1. The van der Waals surface area contributed by atoms with Crippen LogP contribution in [0.15, 0.2) is 0 Å². The summed E-state index contributed by atoms with van der Waals surface area (Å²) in [6.45, 7) is 3.32. The summed E-state index contributed by atoms with van der Waals surface area (Å²) in [7, 11) is 0. The molecule has 0 spiro atoms. The summed E-state index contributed by atoms with van der Waals surface area (Å²) >= 11 is 0. The van der Waals surface area contributed by atoms with Crippen LogP contribution in [0.1, 0.15) is 26.7 Å². The zero-order valence-electron chi connectivity index (χ0n) is 25.2. The Kier molecular flexibility index (Phi) is 24.7. The van der Waals surface area contributed by atoms with E-state index < -0.39 is 62.0 Å². The SMILES string of the molecule is CCC(C[C@@H](C)C=O)OCCOCCOCCOCCN(C[C@H](O)[C@@H](O)[C@H](O)[C@H](O)CO)C[C@H](O)[C@@H](O)[C@H](O)[C@H](O)CO. The Morgan fingerprint density at radius 1 is 0.628 bits per heavy atom. The highest BCUT2D eigenvalue weighted by molar-refractivity contribution is 5.52. The second-order valence-corrected chi connectivity index (χ2v) is 10.4. The number of aliphatic hydroxyl groups excluding tert-OH is 10. The van der Waals surface area contributed by atoms with Gasteiger partial charge in [0.1, 0.15) is 42.9 Å². The molecule has 10 N–H and O–H groups in total. The summed E-state index contributed by atoms with van der Waals surface area (Å²) in [4.78, 5) is 12.1. The second-order valence-electron chi connectivity index (χ2n) is 10.4. The van der Waals surface area contributed by atoms with E-state index in [1.54, 1.807) is 0 Å². The lowest BCUT2D eigenvalue weighted by Crippen LogP contribution is -2.53. The number of carbonyl (C=O) groups is 1. The number of aliphatic hydroxyl groups is 10. The van der Waals surface area contributed by atoms with Gasteiger partial charge in [-0.1, -0.05) is 13.8 Å². The number of ether oxygens (including phenoxy) is 4. The van der Waals surface area contributed by atoms with Crippen molar-refractivity contribution < 1.29 is 74.8 Å². The van der Waals surface area contributed by atoms with E-state index in [1.165, 1.54) is 4.90 Å². The Morgan fingerprint density at radius 2 is 1.02 bits per heavy atom. The van der Waals surface area contributed by atoms with Crippen LogP contribution in [0.2, 0.25) is 0 Å². The molecule has 16 nitrogen and oxygen atoms in total. The molecule has 1 unspecified atom stereocenters. The Hall–Kier alpha value is -0.930. The van der Waals surface area contributed by atoms with E-state index in [9.17, 15) is 45.6 Å². The minimum atomic E-state index is -1.87. The zero-order valence-corrected chi connectivity index (χ0v) is 25.2. The van der Waals surface area contributed by atoms with Gasteiger partial charge in [0, 0.05) is 25.6 Å². The van der Waals surface area contributed by atoms with Crippen molar-refractivity contribution >= 4 is 6.29 Å². The van der Waals surface area contributed by atoms with Crippen molar-refractivity contribution in [3.8, 4) is 0 Å². The van der Waals surface area contributed by atoms with Gasteiger partial charge in [-0.05, 0) is 12.8 Å². The molecule has 0 aromatic carbocycles. The standard InChI is InChI=1S/C27H55NO15/c1-3-19(12-18(2)15-29)43-11-10-42-9-8-41-7-6-40-5-4-28(13-20(32)24(36)26(38)22(34)16-30)14-21(33)25(37)27(39)23(35)17-31/h15,18-27,30-39H,3-14,16-17H2,1-2H3/t18-,19?,20+,21+,22-,23-,24-,25-,26-,27-/m1/s1. The van der Waals surface area contributed by atoms with E-state index in [2.05, 4.69) is 0 Å². The molecule has 16 heteroatoms. The maximum absolute atomic E-state index is 10.8. The van der Waals surface area contributed by atoms with E-state index in [4.69, 9.17) is 29.2 Å². The minimum Gasteiger partial charge on any atom is -0.394 e. The molecule has 0 heterocycles.